The molecule has 0 amide bonds. The van der Waals surface area contributed by atoms with Crippen LogP contribution in [0.5, 0.6) is 5.75 Å². The first-order chi connectivity index (χ1) is 13.5. The molecule has 2 heterocycles. The fourth-order valence-electron chi connectivity index (χ4n) is 3.16. The first kappa shape index (κ1) is 18.7. The van der Waals surface area contributed by atoms with Gasteiger partial charge in [-0.15, -0.1) is 11.3 Å². The minimum atomic E-state index is -0.267. The third-order valence-electron chi connectivity index (χ3n) is 4.53. The highest BCUT2D eigenvalue weighted by molar-refractivity contribution is 7.19. The van der Waals surface area contributed by atoms with Crippen molar-refractivity contribution in [2.24, 2.45) is 0 Å². The Morgan fingerprint density at radius 3 is 2.57 bits per heavy atom. The predicted molar refractivity (Wildman–Crippen MR) is 114 cm³/mol. The number of rotatable bonds is 4. The van der Waals surface area contributed by atoms with Crippen molar-refractivity contribution in [3.63, 3.8) is 0 Å². The van der Waals surface area contributed by atoms with Crippen LogP contribution in [0.3, 0.4) is 0 Å². The molecular weight excluding hydrogens is 397 g/mol. The second kappa shape index (κ2) is 7.37. The summed E-state index contributed by atoms with van der Waals surface area (Å²) in [7, 11) is 1.60. The first-order valence-electron chi connectivity index (χ1n) is 8.59. The number of benzene rings is 2. The number of thiophene rings is 1. The molecule has 142 valence electrons. The second-order valence-corrected chi connectivity index (χ2v) is 7.98. The highest BCUT2D eigenvalue weighted by Crippen LogP contribution is 2.42. The van der Waals surface area contributed by atoms with Crippen LogP contribution in [0.4, 0.5) is 15.9 Å². The van der Waals surface area contributed by atoms with Gasteiger partial charge in [0.05, 0.1) is 18.2 Å². The van der Waals surface area contributed by atoms with Gasteiger partial charge in [0.25, 0.3) is 0 Å². The Hall–Kier alpha value is -2.70. The van der Waals surface area contributed by atoms with E-state index in [1.54, 1.807) is 36.6 Å². The van der Waals surface area contributed by atoms with Gasteiger partial charge in [0, 0.05) is 21.5 Å². The van der Waals surface area contributed by atoms with Gasteiger partial charge < -0.3 is 10.1 Å². The van der Waals surface area contributed by atoms with Gasteiger partial charge in [-0.25, -0.2) is 14.4 Å². The quantitative estimate of drug-likeness (QED) is 0.413. The van der Waals surface area contributed by atoms with E-state index in [2.05, 4.69) is 15.3 Å². The van der Waals surface area contributed by atoms with Crippen LogP contribution in [-0.2, 0) is 0 Å². The number of halogens is 2. The predicted octanol–water partition coefficient (Wildman–Crippen LogP) is 6.52. The SMILES string of the molecule is COc1cc(Cl)c(C)cc1Nc1ncnc2sc(C)c(-c3ccc(F)cc3)c12. The van der Waals surface area contributed by atoms with Gasteiger partial charge in [-0.3, -0.25) is 0 Å². The molecule has 7 heteroatoms. The highest BCUT2D eigenvalue weighted by Gasteiger charge is 2.18. The number of aryl methyl sites for hydroxylation is 2. The van der Waals surface area contributed by atoms with E-state index >= 15 is 0 Å². The van der Waals surface area contributed by atoms with Gasteiger partial charge in [0.2, 0.25) is 0 Å². The molecule has 2 aromatic heterocycles. The maximum absolute atomic E-state index is 13.4. The maximum Gasteiger partial charge on any atom is 0.143 e. The van der Waals surface area contributed by atoms with Crippen LogP contribution in [0.15, 0.2) is 42.7 Å². The summed E-state index contributed by atoms with van der Waals surface area (Å²) in [5, 5.41) is 4.89. The van der Waals surface area contributed by atoms with E-state index in [9.17, 15) is 4.39 Å². The Kier molecular flexibility index (Phi) is 4.91. The minimum absolute atomic E-state index is 0.267. The summed E-state index contributed by atoms with van der Waals surface area (Å²) in [5.41, 5.74) is 3.60. The normalized spacial score (nSPS) is 11.0. The molecule has 0 atom stereocenters. The molecule has 28 heavy (non-hydrogen) atoms. The molecular formula is C21H17ClFN3OS. The number of aromatic nitrogens is 2. The Balaban J connectivity index is 1.89. The largest absolute Gasteiger partial charge is 0.495 e. The minimum Gasteiger partial charge on any atom is -0.495 e. The monoisotopic (exact) mass is 413 g/mol. The van der Waals surface area contributed by atoms with Gasteiger partial charge in [-0.2, -0.15) is 0 Å². The van der Waals surface area contributed by atoms with E-state index in [0.717, 1.165) is 37.5 Å². The molecule has 4 nitrogen and oxygen atoms in total. The van der Waals surface area contributed by atoms with Crippen LogP contribution >= 0.6 is 22.9 Å². The molecule has 1 N–H and O–H groups in total. The smallest absolute Gasteiger partial charge is 0.143 e. The lowest BCUT2D eigenvalue weighted by Gasteiger charge is -2.14. The van der Waals surface area contributed by atoms with Crippen LogP contribution in [0.25, 0.3) is 21.3 Å². The van der Waals surface area contributed by atoms with Crippen molar-refractivity contribution < 1.29 is 9.13 Å². The summed E-state index contributed by atoms with van der Waals surface area (Å²) in [5.74, 6) is 1.02. The lowest BCUT2D eigenvalue weighted by Crippen LogP contribution is -1.99. The molecule has 0 unspecified atom stereocenters. The summed E-state index contributed by atoms with van der Waals surface area (Å²) < 4.78 is 18.9. The zero-order valence-corrected chi connectivity index (χ0v) is 17.1. The second-order valence-electron chi connectivity index (χ2n) is 6.37. The zero-order valence-electron chi connectivity index (χ0n) is 15.5. The van der Waals surface area contributed by atoms with Crippen LogP contribution in [0.2, 0.25) is 5.02 Å². The van der Waals surface area contributed by atoms with Crippen molar-refractivity contribution in [1.82, 2.24) is 9.97 Å². The van der Waals surface area contributed by atoms with Crippen molar-refractivity contribution in [3.8, 4) is 16.9 Å². The van der Waals surface area contributed by atoms with Crippen molar-refractivity contribution in [3.05, 3.63) is 64.0 Å². The third-order valence-corrected chi connectivity index (χ3v) is 5.95. The Labute approximate surface area is 171 Å². The summed E-state index contributed by atoms with van der Waals surface area (Å²) in [6, 6.07) is 10.2. The fraction of sp³-hybridized carbons (Fsp3) is 0.143. The first-order valence-corrected chi connectivity index (χ1v) is 9.78. The van der Waals surface area contributed by atoms with Crippen LogP contribution in [0.1, 0.15) is 10.4 Å². The molecule has 4 aromatic rings. The molecule has 2 aromatic carbocycles. The number of hydrogen-bond acceptors (Lipinski definition) is 5. The van der Waals surface area contributed by atoms with E-state index in [1.807, 2.05) is 19.9 Å². The van der Waals surface area contributed by atoms with Crippen molar-refractivity contribution >= 4 is 44.7 Å². The lowest BCUT2D eigenvalue weighted by molar-refractivity contribution is 0.416. The van der Waals surface area contributed by atoms with Gasteiger partial charge in [0.15, 0.2) is 0 Å². The van der Waals surface area contributed by atoms with Gasteiger partial charge in [0.1, 0.15) is 28.5 Å². The summed E-state index contributed by atoms with van der Waals surface area (Å²) >= 11 is 7.80. The van der Waals surface area contributed by atoms with E-state index < -0.39 is 0 Å². The number of nitrogens with zero attached hydrogens (tertiary/aromatic N) is 2. The van der Waals surface area contributed by atoms with Gasteiger partial charge in [-0.05, 0) is 43.2 Å². The molecule has 0 aliphatic heterocycles. The Morgan fingerprint density at radius 2 is 1.86 bits per heavy atom. The lowest BCUT2D eigenvalue weighted by atomic mass is 10.0. The molecule has 4 rings (SSSR count). The zero-order chi connectivity index (χ0) is 19.8. The van der Waals surface area contributed by atoms with Gasteiger partial charge >= 0.3 is 0 Å². The van der Waals surface area contributed by atoms with E-state index in [0.29, 0.717) is 16.6 Å². The average molecular weight is 414 g/mol. The van der Waals surface area contributed by atoms with Crippen LogP contribution in [0, 0.1) is 19.7 Å². The number of ether oxygens (including phenoxy) is 1. The topological polar surface area (TPSA) is 47.0 Å². The number of anilines is 2. The molecule has 0 aliphatic rings. The Bertz CT molecular complexity index is 1170. The van der Waals surface area contributed by atoms with Crippen molar-refractivity contribution in [2.75, 3.05) is 12.4 Å². The average Bonchev–Trinajstić information content (AvgIpc) is 3.02. The molecule has 0 bridgehead atoms. The molecule has 0 aliphatic carbocycles. The molecule has 0 fully saturated rings. The third kappa shape index (κ3) is 3.30. The number of methoxy groups -OCH3 is 1. The maximum atomic E-state index is 13.4. The molecule has 0 spiro atoms. The van der Waals surface area contributed by atoms with Crippen molar-refractivity contribution in [2.45, 2.75) is 13.8 Å². The summed E-state index contributed by atoms with van der Waals surface area (Å²) in [4.78, 5) is 10.8. The van der Waals surface area contributed by atoms with E-state index in [1.165, 1.54) is 18.5 Å². The molecule has 0 radical (unpaired) electrons. The standard InChI is InChI=1S/C21H17ClFN3OS/c1-11-8-16(17(27-3)9-15(11)22)26-20-19-18(13-4-6-14(23)7-5-13)12(2)28-21(19)25-10-24-20/h4-10H,1-3H3,(H,24,25,26). The Morgan fingerprint density at radius 1 is 1.11 bits per heavy atom. The number of nitrogens with one attached hydrogen (secondary N) is 1. The number of fused-ring (bicyclic) bond motifs is 1. The molecule has 0 saturated carbocycles. The van der Waals surface area contributed by atoms with E-state index in [4.69, 9.17) is 16.3 Å². The van der Waals surface area contributed by atoms with Gasteiger partial charge in [-0.1, -0.05) is 23.7 Å². The van der Waals surface area contributed by atoms with E-state index in [-0.39, 0.29) is 5.82 Å². The van der Waals surface area contributed by atoms with Crippen LogP contribution < -0.4 is 10.1 Å². The fourth-order valence-corrected chi connectivity index (χ4v) is 4.33. The number of hydrogen-bond donors (Lipinski definition) is 1. The molecule has 0 saturated heterocycles. The van der Waals surface area contributed by atoms with Crippen molar-refractivity contribution in [1.29, 1.82) is 0 Å². The summed E-state index contributed by atoms with van der Waals surface area (Å²) in [6.07, 6.45) is 1.53. The highest BCUT2D eigenvalue weighted by atomic mass is 35.5. The van der Waals surface area contributed by atoms with Crippen LogP contribution in [-0.4, -0.2) is 17.1 Å². The summed E-state index contributed by atoms with van der Waals surface area (Å²) in [6.45, 7) is 3.96.